The summed E-state index contributed by atoms with van der Waals surface area (Å²) in [5.74, 6) is 0. The number of benzene rings is 2. The van der Waals surface area contributed by atoms with E-state index in [1.807, 2.05) is 0 Å². The molecule has 0 saturated heterocycles. The summed E-state index contributed by atoms with van der Waals surface area (Å²) >= 11 is 9.89. The molecular formula is C12H7Br3O2S. The summed E-state index contributed by atoms with van der Waals surface area (Å²) < 4.78 is 27.0. The molecule has 0 aliphatic heterocycles. The van der Waals surface area contributed by atoms with Gasteiger partial charge in [0, 0.05) is 13.4 Å². The predicted octanol–water partition coefficient (Wildman–Crippen LogP) is 4.81. The van der Waals surface area contributed by atoms with E-state index in [-0.39, 0.29) is 9.79 Å². The largest absolute Gasteiger partial charge is 0.219 e. The lowest BCUT2D eigenvalue weighted by atomic mass is 10.4. The SMILES string of the molecule is O=S(=O)(c1cccc(Br)c1)c1ccc(Br)c(Br)c1. The highest BCUT2D eigenvalue weighted by atomic mass is 79.9. The van der Waals surface area contributed by atoms with Gasteiger partial charge in [-0.1, -0.05) is 22.0 Å². The topological polar surface area (TPSA) is 34.1 Å². The lowest BCUT2D eigenvalue weighted by molar-refractivity contribution is 0.596. The second-order valence-corrected chi connectivity index (χ2v) is 8.11. The van der Waals surface area contributed by atoms with Gasteiger partial charge in [0.1, 0.15) is 0 Å². The summed E-state index contributed by atoms with van der Waals surface area (Å²) in [5, 5.41) is 0. The van der Waals surface area contributed by atoms with Gasteiger partial charge in [0.05, 0.1) is 9.79 Å². The van der Waals surface area contributed by atoms with Crippen molar-refractivity contribution in [3.05, 3.63) is 55.9 Å². The van der Waals surface area contributed by atoms with Crippen molar-refractivity contribution >= 4 is 57.6 Å². The second kappa shape index (κ2) is 5.45. The molecule has 0 bridgehead atoms. The minimum Gasteiger partial charge on any atom is -0.219 e. The highest BCUT2D eigenvalue weighted by Crippen LogP contribution is 2.29. The maximum atomic E-state index is 12.4. The van der Waals surface area contributed by atoms with Crippen molar-refractivity contribution in [2.45, 2.75) is 9.79 Å². The number of halogens is 3. The zero-order valence-electron chi connectivity index (χ0n) is 8.90. The summed E-state index contributed by atoms with van der Waals surface area (Å²) in [4.78, 5) is 0.529. The van der Waals surface area contributed by atoms with Gasteiger partial charge in [0.15, 0.2) is 0 Å². The van der Waals surface area contributed by atoms with E-state index in [9.17, 15) is 8.42 Å². The van der Waals surface area contributed by atoms with E-state index >= 15 is 0 Å². The fraction of sp³-hybridized carbons (Fsp3) is 0. The third-order valence-corrected chi connectivity index (χ3v) is 6.43. The zero-order valence-corrected chi connectivity index (χ0v) is 14.5. The average molecular weight is 455 g/mol. The molecule has 0 aliphatic rings. The van der Waals surface area contributed by atoms with Crippen LogP contribution in [0.1, 0.15) is 0 Å². The van der Waals surface area contributed by atoms with Crippen LogP contribution >= 0.6 is 47.8 Å². The van der Waals surface area contributed by atoms with Gasteiger partial charge in [0.25, 0.3) is 0 Å². The van der Waals surface area contributed by atoms with E-state index in [2.05, 4.69) is 47.8 Å². The van der Waals surface area contributed by atoms with Crippen LogP contribution < -0.4 is 0 Å². The molecule has 2 rings (SSSR count). The molecule has 0 aromatic heterocycles. The number of sulfone groups is 1. The third kappa shape index (κ3) is 2.87. The van der Waals surface area contributed by atoms with Gasteiger partial charge in [-0.25, -0.2) is 8.42 Å². The monoisotopic (exact) mass is 452 g/mol. The highest BCUT2D eigenvalue weighted by molar-refractivity contribution is 9.13. The molecular weight excluding hydrogens is 448 g/mol. The van der Waals surface area contributed by atoms with Crippen LogP contribution in [0.15, 0.2) is 65.7 Å². The van der Waals surface area contributed by atoms with Crippen LogP contribution in [0, 0.1) is 0 Å². The van der Waals surface area contributed by atoms with Crippen LogP contribution in [0.2, 0.25) is 0 Å². The molecule has 18 heavy (non-hydrogen) atoms. The molecule has 0 radical (unpaired) electrons. The Morgan fingerprint density at radius 1 is 0.778 bits per heavy atom. The highest BCUT2D eigenvalue weighted by Gasteiger charge is 2.18. The first kappa shape index (κ1) is 14.2. The van der Waals surface area contributed by atoms with Gasteiger partial charge >= 0.3 is 0 Å². The molecule has 0 fully saturated rings. The van der Waals surface area contributed by atoms with Crippen molar-refractivity contribution in [3.8, 4) is 0 Å². The van der Waals surface area contributed by atoms with Gasteiger partial charge in [0.2, 0.25) is 9.84 Å². The van der Waals surface area contributed by atoms with Crippen LogP contribution in [0.3, 0.4) is 0 Å². The molecule has 0 aliphatic carbocycles. The van der Waals surface area contributed by atoms with Crippen molar-refractivity contribution < 1.29 is 8.42 Å². The first-order chi connectivity index (χ1) is 8.41. The first-order valence-corrected chi connectivity index (χ1v) is 8.73. The fourth-order valence-corrected chi connectivity index (χ4v) is 4.07. The molecule has 2 aromatic carbocycles. The van der Waals surface area contributed by atoms with Crippen LogP contribution in [0.5, 0.6) is 0 Å². The Kier molecular flexibility index (Phi) is 4.31. The minimum absolute atomic E-state index is 0.260. The first-order valence-electron chi connectivity index (χ1n) is 4.87. The molecule has 0 amide bonds. The van der Waals surface area contributed by atoms with Crippen LogP contribution in [0.4, 0.5) is 0 Å². The van der Waals surface area contributed by atoms with Crippen LogP contribution in [-0.2, 0) is 9.84 Å². The minimum atomic E-state index is -3.48. The summed E-state index contributed by atoms with van der Waals surface area (Å²) in [6.45, 7) is 0. The molecule has 6 heteroatoms. The molecule has 0 heterocycles. The van der Waals surface area contributed by atoms with Crippen molar-refractivity contribution in [2.24, 2.45) is 0 Å². The predicted molar refractivity (Wildman–Crippen MR) is 81.4 cm³/mol. The molecule has 94 valence electrons. The third-order valence-electron chi connectivity index (χ3n) is 2.31. The van der Waals surface area contributed by atoms with Gasteiger partial charge in [-0.3, -0.25) is 0 Å². The molecule has 0 atom stereocenters. The van der Waals surface area contributed by atoms with Gasteiger partial charge in [-0.15, -0.1) is 0 Å². The Bertz CT molecular complexity index is 696. The van der Waals surface area contributed by atoms with E-state index < -0.39 is 9.84 Å². The molecule has 0 saturated carbocycles. The summed E-state index contributed by atoms with van der Waals surface area (Å²) in [5.41, 5.74) is 0. The van der Waals surface area contributed by atoms with E-state index in [0.717, 1.165) is 8.95 Å². The van der Waals surface area contributed by atoms with E-state index in [0.29, 0.717) is 4.47 Å². The zero-order chi connectivity index (χ0) is 13.3. The maximum Gasteiger partial charge on any atom is 0.206 e. The van der Waals surface area contributed by atoms with E-state index in [1.54, 1.807) is 42.5 Å². The van der Waals surface area contributed by atoms with Gasteiger partial charge in [-0.05, 0) is 68.3 Å². The summed E-state index contributed by atoms with van der Waals surface area (Å²) in [6.07, 6.45) is 0. The van der Waals surface area contributed by atoms with Crippen LogP contribution in [-0.4, -0.2) is 8.42 Å². The lowest BCUT2D eigenvalue weighted by Crippen LogP contribution is -2.01. The molecule has 0 unspecified atom stereocenters. The Labute approximate surface area is 131 Å². The quantitative estimate of drug-likeness (QED) is 0.652. The van der Waals surface area contributed by atoms with Crippen LogP contribution in [0.25, 0.3) is 0 Å². The average Bonchev–Trinajstić information content (AvgIpc) is 2.32. The molecule has 2 nitrogen and oxygen atoms in total. The Hall–Kier alpha value is -0.170. The maximum absolute atomic E-state index is 12.4. The number of hydrogen-bond acceptors (Lipinski definition) is 2. The lowest BCUT2D eigenvalue weighted by Gasteiger charge is -2.06. The summed E-state index contributed by atoms with van der Waals surface area (Å²) in [7, 11) is -3.48. The van der Waals surface area contributed by atoms with E-state index in [4.69, 9.17) is 0 Å². The normalized spacial score (nSPS) is 11.5. The Morgan fingerprint density at radius 2 is 1.44 bits per heavy atom. The van der Waals surface area contributed by atoms with E-state index in [1.165, 1.54) is 0 Å². The van der Waals surface area contributed by atoms with Crippen molar-refractivity contribution in [1.29, 1.82) is 0 Å². The molecule has 0 spiro atoms. The van der Waals surface area contributed by atoms with Gasteiger partial charge < -0.3 is 0 Å². The molecule has 2 aromatic rings. The molecule has 0 N–H and O–H groups in total. The number of rotatable bonds is 2. The fourth-order valence-electron chi connectivity index (χ4n) is 1.41. The smallest absolute Gasteiger partial charge is 0.206 e. The van der Waals surface area contributed by atoms with Crippen molar-refractivity contribution in [3.63, 3.8) is 0 Å². The number of hydrogen-bond donors (Lipinski definition) is 0. The Balaban J connectivity index is 2.58. The van der Waals surface area contributed by atoms with Crippen molar-refractivity contribution in [2.75, 3.05) is 0 Å². The standard InChI is InChI=1S/C12H7Br3O2S/c13-8-2-1-3-9(6-8)18(16,17)10-4-5-11(14)12(15)7-10/h1-7H. The summed E-state index contributed by atoms with van der Waals surface area (Å²) in [6, 6.07) is 11.5. The Morgan fingerprint density at radius 3 is 2.06 bits per heavy atom. The van der Waals surface area contributed by atoms with Gasteiger partial charge in [-0.2, -0.15) is 0 Å². The second-order valence-electron chi connectivity index (χ2n) is 3.54. The van der Waals surface area contributed by atoms with Crippen molar-refractivity contribution in [1.82, 2.24) is 0 Å².